The average molecular weight is 250 g/mol. The molecule has 0 saturated heterocycles. The van der Waals surface area contributed by atoms with Crippen LogP contribution in [0.5, 0.6) is 0 Å². The minimum atomic E-state index is -0.700. The number of nitrogens with zero attached hydrogens (tertiary/aromatic N) is 1. The number of anilines is 1. The zero-order chi connectivity index (χ0) is 13.6. The Kier molecular flexibility index (Phi) is 5.16. The fraction of sp³-hybridized carbons (Fsp3) is 0.500. The van der Waals surface area contributed by atoms with Crippen molar-refractivity contribution in [3.8, 4) is 0 Å². The minimum Gasteiger partial charge on any atom is -0.468 e. The molecule has 18 heavy (non-hydrogen) atoms. The number of ether oxygens (including phenoxy) is 1. The molecule has 1 aromatic rings. The van der Waals surface area contributed by atoms with Gasteiger partial charge in [0.25, 0.3) is 0 Å². The Morgan fingerprint density at radius 2 is 2.00 bits per heavy atom. The highest BCUT2D eigenvalue weighted by Gasteiger charge is 2.34. The van der Waals surface area contributed by atoms with E-state index in [2.05, 4.69) is 5.32 Å². The number of esters is 1. The van der Waals surface area contributed by atoms with Crippen molar-refractivity contribution >= 4 is 11.7 Å². The fourth-order valence-electron chi connectivity index (χ4n) is 2.06. The lowest BCUT2D eigenvalue weighted by molar-refractivity contribution is -0.147. The molecule has 100 valence electrons. The molecule has 4 nitrogen and oxygen atoms in total. The molecule has 1 unspecified atom stereocenters. The molecule has 0 radical (unpaired) electrons. The average Bonchev–Trinajstić information content (AvgIpc) is 2.39. The second-order valence-corrected chi connectivity index (χ2v) is 4.55. The Morgan fingerprint density at radius 1 is 1.39 bits per heavy atom. The van der Waals surface area contributed by atoms with Crippen molar-refractivity contribution in [3.63, 3.8) is 0 Å². The van der Waals surface area contributed by atoms with Crippen LogP contribution in [0.25, 0.3) is 0 Å². The predicted octanol–water partition coefficient (Wildman–Crippen LogP) is 1.66. The van der Waals surface area contributed by atoms with Gasteiger partial charge in [-0.05, 0) is 25.6 Å². The van der Waals surface area contributed by atoms with Crippen molar-refractivity contribution in [3.05, 3.63) is 30.3 Å². The molecule has 0 saturated carbocycles. The van der Waals surface area contributed by atoms with E-state index in [1.165, 1.54) is 7.11 Å². The van der Waals surface area contributed by atoms with Gasteiger partial charge in [0.2, 0.25) is 0 Å². The molecule has 0 fully saturated rings. The first-order chi connectivity index (χ1) is 8.53. The molecule has 0 amide bonds. The van der Waals surface area contributed by atoms with Crippen molar-refractivity contribution in [2.45, 2.75) is 19.4 Å². The van der Waals surface area contributed by atoms with Crippen LogP contribution in [0.3, 0.4) is 0 Å². The normalized spacial score (nSPS) is 13.8. The molecule has 4 heteroatoms. The molecule has 1 atom stereocenters. The van der Waals surface area contributed by atoms with Gasteiger partial charge in [-0.3, -0.25) is 0 Å². The van der Waals surface area contributed by atoms with Crippen LogP contribution in [0.4, 0.5) is 5.69 Å². The van der Waals surface area contributed by atoms with E-state index in [-0.39, 0.29) is 5.97 Å². The van der Waals surface area contributed by atoms with Crippen LogP contribution in [0, 0.1) is 0 Å². The van der Waals surface area contributed by atoms with E-state index in [1.807, 2.05) is 56.1 Å². The fourth-order valence-corrected chi connectivity index (χ4v) is 2.06. The largest absolute Gasteiger partial charge is 0.468 e. The highest BCUT2D eigenvalue weighted by atomic mass is 16.5. The summed E-state index contributed by atoms with van der Waals surface area (Å²) in [6.45, 7) is 5.11. The molecular weight excluding hydrogens is 228 g/mol. The van der Waals surface area contributed by atoms with Crippen LogP contribution in [0.1, 0.15) is 13.8 Å². The third-order valence-corrected chi connectivity index (χ3v) is 2.95. The predicted molar refractivity (Wildman–Crippen MR) is 73.8 cm³/mol. The van der Waals surface area contributed by atoms with Crippen molar-refractivity contribution in [1.82, 2.24) is 5.32 Å². The van der Waals surface area contributed by atoms with Crippen molar-refractivity contribution in [2.24, 2.45) is 0 Å². The summed E-state index contributed by atoms with van der Waals surface area (Å²) >= 11 is 0. The zero-order valence-electron chi connectivity index (χ0n) is 11.6. The van der Waals surface area contributed by atoms with Crippen LogP contribution in [0.15, 0.2) is 30.3 Å². The molecule has 0 spiro atoms. The van der Waals surface area contributed by atoms with Gasteiger partial charge in [-0.25, -0.2) is 4.79 Å². The van der Waals surface area contributed by atoms with E-state index in [0.29, 0.717) is 13.1 Å². The lowest BCUT2D eigenvalue weighted by Gasteiger charge is -2.33. The van der Waals surface area contributed by atoms with Gasteiger partial charge in [0.05, 0.1) is 7.11 Å². The van der Waals surface area contributed by atoms with Crippen molar-refractivity contribution < 1.29 is 9.53 Å². The Hall–Kier alpha value is -1.55. The number of nitrogens with one attached hydrogen (secondary N) is 1. The molecule has 0 heterocycles. The van der Waals surface area contributed by atoms with Gasteiger partial charge in [0.15, 0.2) is 0 Å². The summed E-state index contributed by atoms with van der Waals surface area (Å²) in [4.78, 5) is 13.9. The lowest BCUT2D eigenvalue weighted by Crippen LogP contribution is -2.56. The maximum absolute atomic E-state index is 11.9. The van der Waals surface area contributed by atoms with E-state index in [9.17, 15) is 4.79 Å². The molecular formula is C14H22N2O2. The van der Waals surface area contributed by atoms with E-state index in [1.54, 1.807) is 0 Å². The maximum atomic E-state index is 11.9. The van der Waals surface area contributed by atoms with E-state index >= 15 is 0 Å². The second-order valence-electron chi connectivity index (χ2n) is 4.55. The van der Waals surface area contributed by atoms with E-state index in [0.717, 1.165) is 5.69 Å². The highest BCUT2D eigenvalue weighted by Crippen LogP contribution is 2.16. The van der Waals surface area contributed by atoms with Gasteiger partial charge in [0.1, 0.15) is 5.54 Å². The van der Waals surface area contributed by atoms with Gasteiger partial charge in [-0.2, -0.15) is 0 Å². The molecule has 0 bridgehead atoms. The topological polar surface area (TPSA) is 41.6 Å². The van der Waals surface area contributed by atoms with E-state index in [4.69, 9.17) is 4.74 Å². The number of para-hydroxylation sites is 1. The summed E-state index contributed by atoms with van der Waals surface area (Å²) in [5, 5.41) is 3.19. The number of rotatable bonds is 6. The SMILES string of the molecule is CCNC(C)(CN(C)c1ccccc1)C(=O)OC. The Balaban J connectivity index is 2.81. The first-order valence-electron chi connectivity index (χ1n) is 6.13. The number of benzene rings is 1. The summed E-state index contributed by atoms with van der Waals surface area (Å²) in [7, 11) is 3.38. The Morgan fingerprint density at radius 3 is 2.50 bits per heavy atom. The number of methoxy groups -OCH3 is 1. The summed E-state index contributed by atoms with van der Waals surface area (Å²) in [5.74, 6) is -0.243. The van der Waals surface area contributed by atoms with Gasteiger partial charge >= 0.3 is 5.97 Å². The monoisotopic (exact) mass is 250 g/mol. The first-order valence-corrected chi connectivity index (χ1v) is 6.13. The maximum Gasteiger partial charge on any atom is 0.327 e. The number of carbonyl (C=O) groups is 1. The second kappa shape index (κ2) is 6.40. The molecule has 0 aliphatic rings. The van der Waals surface area contributed by atoms with Crippen LogP contribution in [-0.2, 0) is 9.53 Å². The minimum absolute atomic E-state index is 0.243. The standard InChI is InChI=1S/C14H22N2O2/c1-5-15-14(2,13(17)18-4)11-16(3)12-9-7-6-8-10-12/h6-10,15H,5,11H2,1-4H3. The van der Waals surface area contributed by atoms with Crippen LogP contribution in [-0.4, -0.2) is 38.8 Å². The molecule has 1 aromatic carbocycles. The Labute approximate surface area is 109 Å². The van der Waals surface area contributed by atoms with Crippen molar-refractivity contribution in [1.29, 1.82) is 0 Å². The molecule has 0 aliphatic heterocycles. The third kappa shape index (κ3) is 3.47. The number of likely N-dealkylation sites (N-methyl/N-ethyl adjacent to an activating group) is 2. The first kappa shape index (κ1) is 14.5. The van der Waals surface area contributed by atoms with Crippen LogP contribution < -0.4 is 10.2 Å². The molecule has 1 rings (SSSR count). The number of hydrogen-bond donors (Lipinski definition) is 1. The summed E-state index contributed by atoms with van der Waals surface area (Å²) in [5.41, 5.74) is 0.374. The number of carbonyl (C=O) groups excluding carboxylic acids is 1. The van der Waals surface area contributed by atoms with Crippen LogP contribution in [0.2, 0.25) is 0 Å². The quantitative estimate of drug-likeness (QED) is 0.780. The van der Waals surface area contributed by atoms with Gasteiger partial charge < -0.3 is 15.0 Å². The van der Waals surface area contributed by atoms with Gasteiger partial charge in [-0.1, -0.05) is 25.1 Å². The van der Waals surface area contributed by atoms with Crippen LogP contribution >= 0.6 is 0 Å². The molecule has 1 N–H and O–H groups in total. The van der Waals surface area contributed by atoms with Crippen molar-refractivity contribution in [2.75, 3.05) is 32.1 Å². The Bertz CT molecular complexity index is 381. The number of hydrogen-bond acceptors (Lipinski definition) is 4. The highest BCUT2D eigenvalue weighted by molar-refractivity contribution is 5.81. The summed E-state index contributed by atoms with van der Waals surface area (Å²) in [6, 6.07) is 9.97. The lowest BCUT2D eigenvalue weighted by atomic mass is 10.0. The smallest absolute Gasteiger partial charge is 0.327 e. The molecule has 0 aliphatic carbocycles. The van der Waals surface area contributed by atoms with Gasteiger partial charge in [-0.15, -0.1) is 0 Å². The summed E-state index contributed by atoms with van der Waals surface area (Å²) < 4.78 is 4.88. The zero-order valence-corrected chi connectivity index (χ0v) is 11.6. The summed E-state index contributed by atoms with van der Waals surface area (Å²) in [6.07, 6.45) is 0. The molecule has 0 aromatic heterocycles. The van der Waals surface area contributed by atoms with E-state index < -0.39 is 5.54 Å². The van der Waals surface area contributed by atoms with Gasteiger partial charge in [0, 0.05) is 19.3 Å². The third-order valence-electron chi connectivity index (χ3n) is 2.95.